The van der Waals surface area contributed by atoms with Crippen LogP contribution in [0.3, 0.4) is 0 Å². The van der Waals surface area contributed by atoms with Gasteiger partial charge in [-0.15, -0.1) is 11.3 Å². The topological polar surface area (TPSA) is 71.3 Å². The van der Waals surface area contributed by atoms with E-state index in [2.05, 4.69) is 15.5 Å². The number of rotatable bonds is 4. The average Bonchev–Trinajstić information content (AvgIpc) is 3.48. The quantitative estimate of drug-likeness (QED) is 0.357. The summed E-state index contributed by atoms with van der Waals surface area (Å²) in [5.74, 6) is 0.334. The molecule has 3 heterocycles. The maximum atomic E-state index is 14.3. The first-order chi connectivity index (χ1) is 15.9. The van der Waals surface area contributed by atoms with E-state index < -0.39 is 17.9 Å². The number of nitrogens with one attached hydrogen (secondary N) is 1. The molecule has 0 saturated heterocycles. The average molecular weight is 481 g/mol. The van der Waals surface area contributed by atoms with Crippen LogP contribution in [0.2, 0.25) is 5.02 Å². The van der Waals surface area contributed by atoms with Crippen LogP contribution in [0, 0.1) is 12.7 Å². The number of aryl methyl sites for hydroxylation is 1. The molecule has 33 heavy (non-hydrogen) atoms. The van der Waals surface area contributed by atoms with Crippen LogP contribution in [-0.4, -0.2) is 16.2 Å². The Hall–Kier alpha value is -3.49. The Kier molecular flexibility index (Phi) is 5.47. The Morgan fingerprint density at radius 2 is 1.94 bits per heavy atom. The first kappa shape index (κ1) is 21.4. The van der Waals surface area contributed by atoms with E-state index in [4.69, 9.17) is 16.1 Å². The van der Waals surface area contributed by atoms with Crippen LogP contribution in [0.1, 0.15) is 30.0 Å². The third kappa shape index (κ3) is 3.92. The molecule has 0 fully saturated rings. The number of urea groups is 1. The zero-order chi connectivity index (χ0) is 23.1. The van der Waals surface area contributed by atoms with E-state index in [1.807, 2.05) is 29.6 Å². The first-order valence-corrected chi connectivity index (χ1v) is 11.4. The van der Waals surface area contributed by atoms with Crippen LogP contribution < -0.4 is 10.2 Å². The lowest BCUT2D eigenvalue weighted by atomic mass is 9.94. The van der Waals surface area contributed by atoms with E-state index in [1.54, 1.807) is 38.1 Å². The number of thiophene rings is 1. The predicted octanol–water partition coefficient (Wildman–Crippen LogP) is 6.60. The predicted molar refractivity (Wildman–Crippen MR) is 127 cm³/mol. The summed E-state index contributed by atoms with van der Waals surface area (Å²) in [5, 5.41) is 9.64. The molecule has 0 radical (unpaired) electrons. The molecule has 1 atom stereocenters. The Bertz CT molecular complexity index is 1370. The third-order valence-corrected chi connectivity index (χ3v) is 6.62. The van der Waals surface area contributed by atoms with Crippen molar-refractivity contribution in [2.24, 2.45) is 0 Å². The smallest absolute Gasteiger partial charge is 0.327 e. The van der Waals surface area contributed by atoms with E-state index in [0.717, 1.165) is 10.4 Å². The van der Waals surface area contributed by atoms with E-state index in [1.165, 1.54) is 22.3 Å². The van der Waals surface area contributed by atoms with Crippen molar-refractivity contribution in [3.8, 4) is 10.7 Å². The monoisotopic (exact) mass is 480 g/mol. The number of hydrogen-bond donors (Lipinski definition) is 1. The maximum Gasteiger partial charge on any atom is 0.327 e. The summed E-state index contributed by atoms with van der Waals surface area (Å²) < 4.78 is 20.0. The van der Waals surface area contributed by atoms with Gasteiger partial charge in [-0.2, -0.15) is 4.98 Å². The minimum absolute atomic E-state index is 0.272. The molecule has 4 aromatic rings. The second-order valence-corrected chi connectivity index (χ2v) is 8.99. The molecule has 2 aromatic carbocycles. The second kappa shape index (κ2) is 8.46. The van der Waals surface area contributed by atoms with Crippen molar-refractivity contribution in [3.05, 3.63) is 93.5 Å². The largest absolute Gasteiger partial charge is 0.334 e. The minimum Gasteiger partial charge on any atom is -0.334 e. The summed E-state index contributed by atoms with van der Waals surface area (Å²) in [6, 6.07) is 14.7. The number of aromatic nitrogens is 2. The van der Waals surface area contributed by atoms with Crippen LogP contribution in [0.15, 0.2) is 70.2 Å². The van der Waals surface area contributed by atoms with Gasteiger partial charge in [0, 0.05) is 10.7 Å². The second-order valence-electron chi connectivity index (χ2n) is 7.60. The summed E-state index contributed by atoms with van der Waals surface area (Å²) in [7, 11) is 0. The van der Waals surface area contributed by atoms with Crippen molar-refractivity contribution in [2.45, 2.75) is 19.9 Å². The van der Waals surface area contributed by atoms with E-state index >= 15 is 0 Å². The fourth-order valence-corrected chi connectivity index (χ4v) is 4.57. The fraction of sp³-hybridized carbons (Fsp3) is 0.125. The lowest BCUT2D eigenvalue weighted by Crippen LogP contribution is -2.46. The molecule has 0 aliphatic carbocycles. The molecule has 1 unspecified atom stereocenters. The molecule has 0 saturated carbocycles. The summed E-state index contributed by atoms with van der Waals surface area (Å²) in [4.78, 5) is 20.1. The molecule has 2 aromatic heterocycles. The SMILES string of the molecule is CC1=C(c2nc(-c3cccs3)no2)C(c2ccc(Cl)cc2)NC(=O)N1c1ccc(C)c(F)c1. The number of anilines is 1. The minimum atomic E-state index is -0.557. The number of allylic oxidation sites excluding steroid dienone is 1. The number of hydrogen-bond acceptors (Lipinski definition) is 5. The summed E-state index contributed by atoms with van der Waals surface area (Å²) >= 11 is 7.57. The molecular weight excluding hydrogens is 463 g/mol. The van der Waals surface area contributed by atoms with Gasteiger partial charge in [0.05, 0.1) is 22.2 Å². The van der Waals surface area contributed by atoms with Gasteiger partial charge in [0.2, 0.25) is 5.82 Å². The summed E-state index contributed by atoms with van der Waals surface area (Å²) in [5.41, 5.74) is 2.87. The van der Waals surface area contributed by atoms with Crippen LogP contribution in [-0.2, 0) is 0 Å². The van der Waals surface area contributed by atoms with Crippen LogP contribution in [0.5, 0.6) is 0 Å². The highest BCUT2D eigenvalue weighted by Crippen LogP contribution is 2.39. The normalized spacial score (nSPS) is 16.3. The Morgan fingerprint density at radius 1 is 1.15 bits per heavy atom. The lowest BCUT2D eigenvalue weighted by molar-refractivity contribution is 0.244. The van der Waals surface area contributed by atoms with Crippen molar-refractivity contribution >= 4 is 40.2 Å². The highest BCUT2D eigenvalue weighted by Gasteiger charge is 2.36. The number of halogens is 2. The van der Waals surface area contributed by atoms with E-state index in [-0.39, 0.29) is 5.89 Å². The standard InChI is InChI=1S/C24H18ClFN4O2S/c1-13-5-10-17(12-18(13)26)30-14(2)20(23-28-22(29-32-23)19-4-3-11-33-19)21(27-24(30)31)15-6-8-16(25)9-7-15/h3-12,21H,1-2H3,(H,27,31). The lowest BCUT2D eigenvalue weighted by Gasteiger charge is -2.35. The van der Waals surface area contributed by atoms with Crippen molar-refractivity contribution in [2.75, 3.05) is 4.90 Å². The number of amides is 2. The van der Waals surface area contributed by atoms with Gasteiger partial charge in [-0.25, -0.2) is 9.18 Å². The number of nitrogens with zero attached hydrogens (tertiary/aromatic N) is 3. The van der Waals surface area contributed by atoms with Gasteiger partial charge in [0.25, 0.3) is 5.89 Å². The van der Waals surface area contributed by atoms with Gasteiger partial charge < -0.3 is 9.84 Å². The Labute approximate surface area is 198 Å². The van der Waals surface area contributed by atoms with Crippen molar-refractivity contribution < 1.29 is 13.7 Å². The molecule has 1 N–H and O–H groups in total. The third-order valence-electron chi connectivity index (χ3n) is 5.50. The number of carbonyl (C=O) groups is 1. The molecule has 1 aliphatic heterocycles. The van der Waals surface area contributed by atoms with Crippen molar-refractivity contribution in [1.29, 1.82) is 0 Å². The molecule has 0 bridgehead atoms. The van der Waals surface area contributed by atoms with Gasteiger partial charge >= 0.3 is 6.03 Å². The Morgan fingerprint density at radius 3 is 2.64 bits per heavy atom. The molecule has 1 aliphatic rings. The molecule has 9 heteroatoms. The number of benzene rings is 2. The van der Waals surface area contributed by atoms with E-state index in [9.17, 15) is 9.18 Å². The molecule has 166 valence electrons. The number of carbonyl (C=O) groups excluding carboxylic acids is 1. The molecule has 2 amide bonds. The Balaban J connectivity index is 1.67. The van der Waals surface area contributed by atoms with Crippen LogP contribution in [0.25, 0.3) is 16.3 Å². The zero-order valence-corrected chi connectivity index (χ0v) is 19.2. The first-order valence-electron chi connectivity index (χ1n) is 10.1. The highest BCUT2D eigenvalue weighted by molar-refractivity contribution is 7.13. The van der Waals surface area contributed by atoms with Gasteiger partial charge in [0.15, 0.2) is 0 Å². The summed E-state index contributed by atoms with van der Waals surface area (Å²) in [6.07, 6.45) is 0. The zero-order valence-electron chi connectivity index (χ0n) is 17.7. The van der Waals surface area contributed by atoms with Crippen LogP contribution >= 0.6 is 22.9 Å². The maximum absolute atomic E-state index is 14.3. The van der Waals surface area contributed by atoms with Gasteiger partial charge in [-0.05, 0) is 60.7 Å². The van der Waals surface area contributed by atoms with E-state index in [0.29, 0.717) is 33.4 Å². The highest BCUT2D eigenvalue weighted by atomic mass is 35.5. The van der Waals surface area contributed by atoms with Crippen molar-refractivity contribution in [1.82, 2.24) is 15.5 Å². The summed E-state index contributed by atoms with van der Waals surface area (Å²) in [6.45, 7) is 3.45. The van der Waals surface area contributed by atoms with Gasteiger partial charge in [0.1, 0.15) is 5.82 Å². The fourth-order valence-electron chi connectivity index (χ4n) is 3.80. The molecule has 5 rings (SSSR count). The molecule has 6 nitrogen and oxygen atoms in total. The van der Waals surface area contributed by atoms with Crippen LogP contribution in [0.4, 0.5) is 14.9 Å². The molecule has 0 spiro atoms. The van der Waals surface area contributed by atoms with Gasteiger partial charge in [-0.1, -0.05) is 41.0 Å². The van der Waals surface area contributed by atoms with Crippen molar-refractivity contribution in [3.63, 3.8) is 0 Å². The van der Waals surface area contributed by atoms with Gasteiger partial charge in [-0.3, -0.25) is 4.90 Å². The molecular formula is C24H18ClFN4O2S.